The summed E-state index contributed by atoms with van der Waals surface area (Å²) in [5, 5.41) is 4.39. The third-order valence-electron chi connectivity index (χ3n) is 3.88. The second-order valence-corrected chi connectivity index (χ2v) is 5.32. The van der Waals surface area contributed by atoms with Gasteiger partial charge < -0.3 is 10.5 Å². The molecule has 1 fully saturated rings. The highest BCUT2D eigenvalue weighted by Crippen LogP contribution is 2.23. The minimum Gasteiger partial charge on any atom is -0.378 e. The summed E-state index contributed by atoms with van der Waals surface area (Å²) in [7, 11) is 0. The minimum atomic E-state index is 0.00176. The fraction of sp³-hybridized carbons (Fsp3) is 0.438. The van der Waals surface area contributed by atoms with Crippen LogP contribution in [0.2, 0.25) is 0 Å². The van der Waals surface area contributed by atoms with E-state index in [-0.39, 0.29) is 6.04 Å². The molecular formula is C16H21N3O. The van der Waals surface area contributed by atoms with Crippen molar-refractivity contribution < 1.29 is 4.74 Å². The minimum absolute atomic E-state index is 0.00176. The number of benzene rings is 1. The van der Waals surface area contributed by atoms with Gasteiger partial charge in [0.25, 0.3) is 0 Å². The lowest BCUT2D eigenvalue weighted by atomic mass is 10.0. The third kappa shape index (κ3) is 2.92. The van der Waals surface area contributed by atoms with E-state index in [0.717, 1.165) is 30.8 Å². The van der Waals surface area contributed by atoms with Gasteiger partial charge in [0, 0.05) is 18.8 Å². The Balaban J connectivity index is 1.69. The highest BCUT2D eigenvalue weighted by molar-refractivity contribution is 5.33. The molecule has 1 saturated heterocycles. The Morgan fingerprint density at radius 1 is 1.30 bits per heavy atom. The van der Waals surface area contributed by atoms with E-state index in [4.69, 9.17) is 10.5 Å². The number of hydrogen-bond acceptors (Lipinski definition) is 3. The van der Waals surface area contributed by atoms with Crippen LogP contribution in [0.1, 0.15) is 37.4 Å². The Morgan fingerprint density at radius 2 is 2.15 bits per heavy atom. The number of rotatable bonds is 5. The van der Waals surface area contributed by atoms with Crippen LogP contribution in [0.15, 0.2) is 42.6 Å². The van der Waals surface area contributed by atoms with E-state index in [0.29, 0.717) is 6.10 Å². The summed E-state index contributed by atoms with van der Waals surface area (Å²) in [6.45, 7) is 0.905. The Morgan fingerprint density at radius 3 is 2.90 bits per heavy atom. The van der Waals surface area contributed by atoms with Crippen molar-refractivity contribution in [1.29, 1.82) is 0 Å². The predicted molar refractivity (Wildman–Crippen MR) is 78.7 cm³/mol. The van der Waals surface area contributed by atoms with Crippen LogP contribution in [0.3, 0.4) is 0 Å². The second-order valence-electron chi connectivity index (χ2n) is 5.32. The fourth-order valence-electron chi connectivity index (χ4n) is 2.76. The van der Waals surface area contributed by atoms with Gasteiger partial charge in [-0.2, -0.15) is 5.10 Å². The molecule has 4 heteroatoms. The highest BCUT2D eigenvalue weighted by Gasteiger charge is 2.19. The van der Waals surface area contributed by atoms with E-state index in [9.17, 15) is 0 Å². The first-order valence-corrected chi connectivity index (χ1v) is 7.31. The molecule has 2 atom stereocenters. The van der Waals surface area contributed by atoms with Crippen molar-refractivity contribution in [2.75, 3.05) is 6.61 Å². The summed E-state index contributed by atoms with van der Waals surface area (Å²) in [6.07, 6.45) is 6.53. The van der Waals surface area contributed by atoms with Crippen molar-refractivity contribution in [2.24, 2.45) is 5.73 Å². The van der Waals surface area contributed by atoms with E-state index in [2.05, 4.69) is 5.10 Å². The monoisotopic (exact) mass is 271 g/mol. The van der Waals surface area contributed by atoms with Crippen molar-refractivity contribution in [3.8, 4) is 5.69 Å². The van der Waals surface area contributed by atoms with Gasteiger partial charge in [0.05, 0.1) is 17.5 Å². The highest BCUT2D eigenvalue weighted by atomic mass is 16.5. The van der Waals surface area contributed by atoms with Crippen LogP contribution >= 0.6 is 0 Å². The van der Waals surface area contributed by atoms with E-state index in [1.165, 1.54) is 12.8 Å². The quantitative estimate of drug-likeness (QED) is 0.909. The van der Waals surface area contributed by atoms with Crippen molar-refractivity contribution in [3.63, 3.8) is 0 Å². The van der Waals surface area contributed by atoms with Crippen molar-refractivity contribution in [2.45, 2.75) is 37.8 Å². The van der Waals surface area contributed by atoms with Gasteiger partial charge in [0.1, 0.15) is 0 Å². The maximum absolute atomic E-state index is 6.34. The lowest BCUT2D eigenvalue weighted by Gasteiger charge is -2.16. The van der Waals surface area contributed by atoms with Crippen LogP contribution in [0.5, 0.6) is 0 Å². The van der Waals surface area contributed by atoms with Crippen LogP contribution in [0.4, 0.5) is 0 Å². The number of aromatic nitrogens is 2. The van der Waals surface area contributed by atoms with E-state index < -0.39 is 0 Å². The molecule has 2 unspecified atom stereocenters. The molecule has 0 aliphatic carbocycles. The summed E-state index contributed by atoms with van der Waals surface area (Å²) in [6, 6.07) is 12.1. The lowest BCUT2D eigenvalue weighted by molar-refractivity contribution is 0.101. The standard InChI is InChI=1S/C16H21N3O/c17-15(9-8-14-7-4-12-20-14)16-10-11-18-19(16)13-5-2-1-3-6-13/h1-3,5-6,10-11,14-15H,4,7-9,12,17H2. The molecule has 1 aromatic carbocycles. The maximum Gasteiger partial charge on any atom is 0.0649 e. The molecule has 3 rings (SSSR count). The Labute approximate surface area is 119 Å². The molecule has 106 valence electrons. The number of ether oxygens (including phenoxy) is 1. The number of nitrogens with zero attached hydrogens (tertiary/aromatic N) is 2. The summed E-state index contributed by atoms with van der Waals surface area (Å²) in [5.74, 6) is 0. The van der Waals surface area contributed by atoms with Gasteiger partial charge in [-0.3, -0.25) is 0 Å². The van der Waals surface area contributed by atoms with Gasteiger partial charge in [0.2, 0.25) is 0 Å². The average molecular weight is 271 g/mol. The van der Waals surface area contributed by atoms with Crippen molar-refractivity contribution in [1.82, 2.24) is 9.78 Å². The second kappa shape index (κ2) is 6.20. The molecule has 0 spiro atoms. The molecule has 0 bridgehead atoms. The zero-order valence-corrected chi connectivity index (χ0v) is 11.6. The first-order chi connectivity index (χ1) is 9.84. The molecule has 0 radical (unpaired) electrons. The SMILES string of the molecule is NC(CCC1CCCO1)c1ccnn1-c1ccccc1. The molecule has 20 heavy (non-hydrogen) atoms. The molecule has 1 aliphatic heterocycles. The summed E-state index contributed by atoms with van der Waals surface area (Å²) in [4.78, 5) is 0. The largest absolute Gasteiger partial charge is 0.378 e. The molecule has 1 aliphatic rings. The van der Waals surface area contributed by atoms with E-state index in [1.54, 1.807) is 0 Å². The van der Waals surface area contributed by atoms with E-state index >= 15 is 0 Å². The Bertz CT molecular complexity index is 532. The van der Waals surface area contributed by atoms with E-state index in [1.807, 2.05) is 47.3 Å². The van der Waals surface area contributed by atoms with Gasteiger partial charge in [-0.1, -0.05) is 18.2 Å². The van der Waals surface area contributed by atoms with Gasteiger partial charge in [-0.25, -0.2) is 4.68 Å². The zero-order valence-electron chi connectivity index (χ0n) is 11.6. The number of para-hydroxylation sites is 1. The van der Waals surface area contributed by atoms with Crippen LogP contribution in [0.25, 0.3) is 5.69 Å². The number of nitrogens with two attached hydrogens (primary N) is 1. The van der Waals surface area contributed by atoms with Crippen molar-refractivity contribution in [3.05, 3.63) is 48.3 Å². The fourth-order valence-corrected chi connectivity index (χ4v) is 2.76. The molecule has 2 heterocycles. The number of hydrogen-bond donors (Lipinski definition) is 1. The lowest BCUT2D eigenvalue weighted by Crippen LogP contribution is -2.18. The molecule has 2 N–H and O–H groups in total. The van der Waals surface area contributed by atoms with Crippen LogP contribution < -0.4 is 5.73 Å². The smallest absolute Gasteiger partial charge is 0.0649 e. The summed E-state index contributed by atoms with van der Waals surface area (Å²) < 4.78 is 7.59. The topological polar surface area (TPSA) is 53.1 Å². The zero-order chi connectivity index (χ0) is 13.8. The first-order valence-electron chi connectivity index (χ1n) is 7.31. The van der Waals surface area contributed by atoms with Crippen LogP contribution in [-0.2, 0) is 4.74 Å². The van der Waals surface area contributed by atoms with Gasteiger partial charge in [0.15, 0.2) is 0 Å². The molecule has 0 amide bonds. The van der Waals surface area contributed by atoms with Gasteiger partial charge in [-0.05, 0) is 43.9 Å². The normalized spacial score (nSPS) is 20.1. The maximum atomic E-state index is 6.34. The molecular weight excluding hydrogens is 250 g/mol. The van der Waals surface area contributed by atoms with Gasteiger partial charge >= 0.3 is 0 Å². The third-order valence-corrected chi connectivity index (χ3v) is 3.88. The molecule has 0 saturated carbocycles. The molecule has 2 aromatic rings. The molecule has 4 nitrogen and oxygen atoms in total. The Hall–Kier alpha value is -1.65. The molecule has 1 aromatic heterocycles. The predicted octanol–water partition coefficient (Wildman–Crippen LogP) is 2.83. The van der Waals surface area contributed by atoms with Crippen LogP contribution in [-0.4, -0.2) is 22.5 Å². The summed E-state index contributed by atoms with van der Waals surface area (Å²) >= 11 is 0. The van der Waals surface area contributed by atoms with Gasteiger partial charge in [-0.15, -0.1) is 0 Å². The summed E-state index contributed by atoms with van der Waals surface area (Å²) in [5.41, 5.74) is 8.46. The van der Waals surface area contributed by atoms with Crippen molar-refractivity contribution >= 4 is 0 Å². The average Bonchev–Trinajstić information content (AvgIpc) is 3.17. The first kappa shape index (κ1) is 13.3. The van der Waals surface area contributed by atoms with Crippen LogP contribution in [0, 0.1) is 0 Å². The Kier molecular flexibility index (Phi) is 4.14.